The van der Waals surface area contributed by atoms with Crippen LogP contribution in [0.1, 0.15) is 220 Å². The topological polar surface area (TPSA) is 157 Å². The van der Waals surface area contributed by atoms with Crippen molar-refractivity contribution in [2.45, 2.75) is 244 Å². The number of hydrogen-bond acceptors (Lipinski definition) is 10. The van der Waals surface area contributed by atoms with Gasteiger partial charge >= 0.3 is 11.9 Å². The van der Waals surface area contributed by atoms with Crippen LogP contribution >= 0.6 is 0 Å². The molecule has 0 aromatic heterocycles. The van der Waals surface area contributed by atoms with Gasteiger partial charge in [-0.1, -0.05) is 156 Å². The minimum absolute atomic E-state index is 0.134. The maximum absolute atomic E-state index is 12.8. The maximum atomic E-state index is 12.8. The fraction of sp³-hybridized carbons (Fsp3) is 0.955. The molecule has 0 amide bonds. The van der Waals surface area contributed by atoms with E-state index in [1.54, 1.807) is 0 Å². The van der Waals surface area contributed by atoms with E-state index in [1.165, 1.54) is 94.8 Å². The lowest BCUT2D eigenvalue weighted by atomic mass is 10.0. The number of aliphatic hydroxyl groups excluding tert-OH is 3. The fourth-order valence-corrected chi connectivity index (χ4v) is 6.93. The molecule has 0 fully saturated rings. The van der Waals surface area contributed by atoms with Crippen molar-refractivity contribution in [1.29, 1.82) is 0 Å². The van der Waals surface area contributed by atoms with Crippen molar-refractivity contribution in [3.8, 4) is 0 Å². The van der Waals surface area contributed by atoms with E-state index in [1.807, 2.05) is 0 Å². The molecule has 0 spiro atoms. The number of ether oxygens (including phenoxy) is 2. The summed E-state index contributed by atoms with van der Waals surface area (Å²) in [5.41, 5.74) is 0. The van der Waals surface area contributed by atoms with Crippen LogP contribution < -0.4 is 0 Å². The first-order valence-electron chi connectivity index (χ1n) is 22.7. The minimum Gasteiger partial charge on any atom is -0.464 e. The molecule has 0 aromatic carbocycles. The second kappa shape index (κ2) is 37.3. The van der Waals surface area contributed by atoms with Crippen LogP contribution in [0.3, 0.4) is 0 Å². The lowest BCUT2D eigenvalue weighted by Gasteiger charge is -2.33. The maximum Gasteiger partial charge on any atom is 0.335 e. The van der Waals surface area contributed by atoms with Crippen LogP contribution in [-0.2, 0) is 19.1 Å². The van der Waals surface area contributed by atoms with Gasteiger partial charge in [0.25, 0.3) is 0 Å². The molecule has 10 heteroatoms. The second-order valence-electron chi connectivity index (χ2n) is 15.8. The van der Waals surface area contributed by atoms with Crippen LogP contribution in [0, 0.1) is 0 Å². The summed E-state index contributed by atoms with van der Waals surface area (Å²) in [4.78, 5) is 26.4. The third-order valence-electron chi connectivity index (χ3n) is 10.6. The Kier molecular flexibility index (Phi) is 36.4. The van der Waals surface area contributed by atoms with Gasteiger partial charge in [0.2, 0.25) is 5.91 Å². The molecule has 0 aromatic rings. The number of carbonyl (C=O) groups is 2. The average molecular weight is 774 g/mol. The highest BCUT2D eigenvalue weighted by Gasteiger charge is 2.30. The smallest absolute Gasteiger partial charge is 0.335 e. The Bertz CT molecular complexity index is 827. The Morgan fingerprint density at radius 3 is 1.31 bits per heavy atom. The highest BCUT2D eigenvalue weighted by molar-refractivity contribution is 5.74. The second-order valence-corrected chi connectivity index (χ2v) is 15.8. The lowest BCUT2D eigenvalue weighted by molar-refractivity contribution is -0.281. The summed E-state index contributed by atoms with van der Waals surface area (Å²) in [5.74, 6) is -3.50. The summed E-state index contributed by atoms with van der Waals surface area (Å²) in [5, 5.41) is 51.0. The van der Waals surface area contributed by atoms with Gasteiger partial charge in [0.15, 0.2) is 12.2 Å². The third kappa shape index (κ3) is 30.9. The number of carbonyl (C=O) groups excluding carboxylic acids is 2. The van der Waals surface area contributed by atoms with Crippen LogP contribution in [0.15, 0.2) is 0 Å². The van der Waals surface area contributed by atoms with E-state index in [9.17, 15) is 35.1 Å². The summed E-state index contributed by atoms with van der Waals surface area (Å²) in [7, 11) is 0. The van der Waals surface area contributed by atoms with E-state index in [4.69, 9.17) is 9.47 Å². The summed E-state index contributed by atoms with van der Waals surface area (Å²) in [6, 6.07) is 0. The van der Waals surface area contributed by atoms with Gasteiger partial charge in [-0.25, -0.2) is 9.59 Å². The highest BCUT2D eigenvalue weighted by atomic mass is 16.6. The van der Waals surface area contributed by atoms with Crippen molar-refractivity contribution in [1.82, 2.24) is 4.90 Å². The van der Waals surface area contributed by atoms with Gasteiger partial charge in [0.05, 0.1) is 6.61 Å². The minimum atomic E-state index is -2.37. The molecule has 2 unspecified atom stereocenters. The Balaban J connectivity index is 4.39. The Labute approximate surface area is 331 Å². The van der Waals surface area contributed by atoms with Crippen LogP contribution in [0.4, 0.5) is 0 Å². The first-order chi connectivity index (χ1) is 26.1. The van der Waals surface area contributed by atoms with Gasteiger partial charge in [-0.05, 0) is 64.2 Å². The molecule has 0 rings (SSSR count). The van der Waals surface area contributed by atoms with Gasteiger partial charge in [0, 0.05) is 13.1 Å². The molecule has 0 saturated carbocycles. The molecule has 0 saturated heterocycles. The zero-order chi connectivity index (χ0) is 40.1. The fourth-order valence-electron chi connectivity index (χ4n) is 6.93. The molecular weight excluding hydrogens is 686 g/mol. The first-order valence-corrected chi connectivity index (χ1v) is 22.7. The predicted molar refractivity (Wildman–Crippen MR) is 219 cm³/mol. The lowest BCUT2D eigenvalue weighted by Crippen LogP contribution is -2.52. The normalized spacial score (nSPS) is 13.1. The molecule has 5 N–H and O–H groups in total. The van der Waals surface area contributed by atoms with Gasteiger partial charge in [-0.15, -0.1) is 0 Å². The molecule has 2 atom stereocenters. The number of hydrogen-bond donors (Lipinski definition) is 5. The number of nitrogens with zero attached hydrogens (tertiary/aromatic N) is 1. The molecule has 322 valence electrons. The van der Waals surface area contributed by atoms with Crippen molar-refractivity contribution in [2.24, 2.45) is 0 Å². The van der Waals surface area contributed by atoms with Crippen LogP contribution in [0.2, 0.25) is 0 Å². The summed E-state index contributed by atoms with van der Waals surface area (Å²) in [6.07, 6.45) is 28.4. The van der Waals surface area contributed by atoms with E-state index in [2.05, 4.69) is 20.8 Å². The average Bonchev–Trinajstić information content (AvgIpc) is 3.16. The largest absolute Gasteiger partial charge is 0.464 e. The SMILES string of the molecule is CCCCCCCCCCCOC(=O)C(O)CCCCN(CCCCCCC(O)C(=O)OC(CCCCCCCC)CCCCCCCC)C(O)(O)CO. The molecule has 0 bridgehead atoms. The van der Waals surface area contributed by atoms with Crippen LogP contribution in [0.25, 0.3) is 0 Å². The molecule has 0 heterocycles. The first kappa shape index (κ1) is 52.7. The number of unbranched alkanes of at least 4 members (excludes halogenated alkanes) is 22. The van der Waals surface area contributed by atoms with Crippen molar-refractivity contribution >= 4 is 11.9 Å². The van der Waals surface area contributed by atoms with E-state index >= 15 is 0 Å². The van der Waals surface area contributed by atoms with Crippen molar-refractivity contribution in [3.05, 3.63) is 0 Å². The Hall–Kier alpha value is -1.30. The molecule has 0 radical (unpaired) electrons. The monoisotopic (exact) mass is 774 g/mol. The summed E-state index contributed by atoms with van der Waals surface area (Å²) < 4.78 is 11.1. The molecule has 54 heavy (non-hydrogen) atoms. The van der Waals surface area contributed by atoms with Gasteiger partial charge in [-0.2, -0.15) is 0 Å². The Morgan fingerprint density at radius 2 is 0.852 bits per heavy atom. The van der Waals surface area contributed by atoms with E-state index in [-0.39, 0.29) is 19.1 Å². The zero-order valence-corrected chi connectivity index (χ0v) is 35.3. The zero-order valence-electron chi connectivity index (χ0n) is 35.3. The number of aliphatic hydroxyl groups is 5. The molecule has 0 aliphatic carbocycles. The van der Waals surface area contributed by atoms with Gasteiger partial charge in [-0.3, -0.25) is 4.90 Å². The van der Waals surface area contributed by atoms with Crippen molar-refractivity contribution < 1.29 is 44.6 Å². The van der Waals surface area contributed by atoms with E-state index < -0.39 is 36.7 Å². The van der Waals surface area contributed by atoms with Crippen LogP contribution in [-0.4, -0.2) is 92.9 Å². The van der Waals surface area contributed by atoms with Crippen LogP contribution in [0.5, 0.6) is 0 Å². The van der Waals surface area contributed by atoms with E-state index in [0.717, 1.165) is 70.6 Å². The molecule has 0 aliphatic rings. The summed E-state index contributed by atoms with van der Waals surface area (Å²) in [6.45, 7) is 6.73. The van der Waals surface area contributed by atoms with Gasteiger partial charge < -0.3 is 35.0 Å². The quantitative estimate of drug-likeness (QED) is 0.0231. The highest BCUT2D eigenvalue weighted by Crippen LogP contribution is 2.19. The Morgan fingerprint density at radius 1 is 0.500 bits per heavy atom. The predicted octanol–water partition coefficient (Wildman–Crippen LogP) is 9.25. The van der Waals surface area contributed by atoms with E-state index in [0.29, 0.717) is 45.3 Å². The molecule has 10 nitrogen and oxygen atoms in total. The summed E-state index contributed by atoms with van der Waals surface area (Å²) >= 11 is 0. The third-order valence-corrected chi connectivity index (χ3v) is 10.6. The standard InChI is InChI=1S/C44H87NO9/c1-4-7-10-13-16-17-18-23-30-37-53-42(49)40(47)34-27-29-36-45(44(51,52)38-46)35-28-22-21-26-33-41(48)43(50)54-39(31-24-19-14-11-8-5-2)32-25-20-15-12-9-6-3/h39-41,46-48,51-52H,4-38H2,1-3H3. The number of rotatable bonds is 41. The molecule has 0 aliphatic heterocycles. The number of esters is 2. The van der Waals surface area contributed by atoms with Crippen molar-refractivity contribution in [3.63, 3.8) is 0 Å². The van der Waals surface area contributed by atoms with Gasteiger partial charge in [0.1, 0.15) is 12.7 Å². The molecular formula is C44H87NO9. The van der Waals surface area contributed by atoms with Crippen molar-refractivity contribution in [2.75, 3.05) is 26.3 Å².